The van der Waals surface area contributed by atoms with E-state index in [4.69, 9.17) is 9.47 Å². The van der Waals surface area contributed by atoms with Crippen LogP contribution in [0.15, 0.2) is 36.4 Å². The van der Waals surface area contributed by atoms with E-state index in [1.54, 1.807) is 6.92 Å². The van der Waals surface area contributed by atoms with Gasteiger partial charge in [-0.3, -0.25) is 4.79 Å². The Balaban J connectivity index is 2.66. The molecule has 2 aromatic rings. The van der Waals surface area contributed by atoms with E-state index in [9.17, 15) is 18.0 Å². The summed E-state index contributed by atoms with van der Waals surface area (Å²) >= 11 is 0. The van der Waals surface area contributed by atoms with Gasteiger partial charge in [-0.1, -0.05) is 12.1 Å². The summed E-state index contributed by atoms with van der Waals surface area (Å²) in [5.74, 6) is 0.601. The lowest BCUT2D eigenvalue weighted by Gasteiger charge is -2.16. The van der Waals surface area contributed by atoms with Crippen LogP contribution >= 0.6 is 0 Å². The fraction of sp³-hybridized carbons (Fsp3) is 0.235. The minimum absolute atomic E-state index is 0.289. The van der Waals surface area contributed by atoms with Crippen molar-refractivity contribution in [2.75, 3.05) is 13.7 Å². The fourth-order valence-corrected chi connectivity index (χ4v) is 2.24. The van der Waals surface area contributed by atoms with Crippen molar-refractivity contribution in [3.63, 3.8) is 0 Å². The Kier molecular flexibility index (Phi) is 4.93. The number of hydrogen-bond acceptors (Lipinski definition) is 3. The van der Waals surface area contributed by atoms with Crippen LogP contribution in [0.1, 0.15) is 22.8 Å². The number of alkyl halides is 3. The summed E-state index contributed by atoms with van der Waals surface area (Å²) in [7, 11) is 1.40. The largest absolute Gasteiger partial charge is 0.492 e. The average molecular weight is 324 g/mol. The molecule has 2 rings (SSSR count). The molecule has 122 valence electrons. The monoisotopic (exact) mass is 324 g/mol. The molecule has 0 aromatic heterocycles. The summed E-state index contributed by atoms with van der Waals surface area (Å²) < 4.78 is 49.4. The van der Waals surface area contributed by atoms with Gasteiger partial charge in [0.15, 0.2) is 11.5 Å². The first-order valence-corrected chi connectivity index (χ1v) is 6.88. The molecule has 2 aromatic carbocycles. The third-order valence-corrected chi connectivity index (χ3v) is 3.22. The zero-order valence-corrected chi connectivity index (χ0v) is 12.6. The summed E-state index contributed by atoms with van der Waals surface area (Å²) in [5.41, 5.74) is 0.182. The normalized spacial score (nSPS) is 11.2. The molecule has 0 aliphatic carbocycles. The van der Waals surface area contributed by atoms with Crippen LogP contribution in [-0.4, -0.2) is 20.0 Å². The third kappa shape index (κ3) is 3.64. The van der Waals surface area contributed by atoms with Crippen molar-refractivity contribution < 1.29 is 27.4 Å². The van der Waals surface area contributed by atoms with Gasteiger partial charge >= 0.3 is 6.18 Å². The van der Waals surface area contributed by atoms with Crippen LogP contribution in [0.25, 0.3) is 11.1 Å². The quantitative estimate of drug-likeness (QED) is 0.755. The van der Waals surface area contributed by atoms with Crippen molar-refractivity contribution in [2.45, 2.75) is 13.1 Å². The van der Waals surface area contributed by atoms with E-state index < -0.39 is 11.7 Å². The van der Waals surface area contributed by atoms with Gasteiger partial charge in [-0.15, -0.1) is 0 Å². The number of hydrogen-bond donors (Lipinski definition) is 0. The van der Waals surface area contributed by atoms with Crippen molar-refractivity contribution >= 4 is 6.29 Å². The zero-order valence-electron chi connectivity index (χ0n) is 12.6. The van der Waals surface area contributed by atoms with Crippen LogP contribution < -0.4 is 9.47 Å². The van der Waals surface area contributed by atoms with E-state index in [1.807, 2.05) is 0 Å². The molecule has 0 unspecified atom stereocenters. The molecule has 0 heterocycles. The van der Waals surface area contributed by atoms with E-state index in [-0.39, 0.29) is 5.75 Å². The molecule has 0 spiro atoms. The number of halogens is 3. The Morgan fingerprint density at radius 2 is 1.91 bits per heavy atom. The topological polar surface area (TPSA) is 35.5 Å². The van der Waals surface area contributed by atoms with Gasteiger partial charge in [0.25, 0.3) is 0 Å². The molecule has 0 bridgehead atoms. The number of methoxy groups -OCH3 is 1. The molecule has 3 nitrogen and oxygen atoms in total. The van der Waals surface area contributed by atoms with E-state index in [2.05, 4.69) is 0 Å². The molecule has 0 atom stereocenters. The van der Waals surface area contributed by atoms with Crippen LogP contribution in [-0.2, 0) is 6.18 Å². The van der Waals surface area contributed by atoms with Gasteiger partial charge in [0, 0.05) is 11.1 Å². The Morgan fingerprint density at radius 1 is 1.17 bits per heavy atom. The Labute approximate surface area is 131 Å². The van der Waals surface area contributed by atoms with Crippen LogP contribution in [0.2, 0.25) is 0 Å². The Morgan fingerprint density at radius 3 is 2.48 bits per heavy atom. The van der Waals surface area contributed by atoms with Crippen molar-refractivity contribution in [1.29, 1.82) is 0 Å². The molecule has 0 radical (unpaired) electrons. The summed E-state index contributed by atoms with van der Waals surface area (Å²) in [6.45, 7) is 2.09. The molecular weight excluding hydrogens is 309 g/mol. The van der Waals surface area contributed by atoms with Crippen molar-refractivity contribution in [3.05, 3.63) is 47.5 Å². The fourth-order valence-electron chi connectivity index (χ4n) is 2.24. The average Bonchev–Trinajstić information content (AvgIpc) is 2.53. The summed E-state index contributed by atoms with van der Waals surface area (Å²) in [6, 6.07) is 7.81. The maximum Gasteiger partial charge on any atom is 0.416 e. The van der Waals surface area contributed by atoms with E-state index >= 15 is 0 Å². The number of rotatable bonds is 5. The molecule has 0 saturated heterocycles. The highest BCUT2D eigenvalue weighted by Crippen LogP contribution is 2.41. The predicted octanol–water partition coefficient (Wildman–Crippen LogP) is 4.59. The molecule has 0 aliphatic rings. The highest BCUT2D eigenvalue weighted by Gasteiger charge is 2.30. The standard InChI is InChI=1S/C17H15F3O3/c1-3-23-15-8-11(10-21)7-14(16(15)22-2)12-5-4-6-13(9-12)17(18,19)20/h4-10H,3H2,1-2H3. The maximum absolute atomic E-state index is 12.9. The van der Waals surface area contributed by atoms with E-state index in [1.165, 1.54) is 31.4 Å². The number of carbonyl (C=O) groups excluding carboxylic acids is 1. The maximum atomic E-state index is 12.9. The van der Waals surface area contributed by atoms with Crippen LogP contribution in [0.5, 0.6) is 11.5 Å². The Hall–Kier alpha value is -2.50. The number of ether oxygens (including phenoxy) is 2. The number of aldehydes is 1. The van der Waals surface area contributed by atoms with Gasteiger partial charge in [0.05, 0.1) is 19.3 Å². The van der Waals surface area contributed by atoms with Gasteiger partial charge in [-0.25, -0.2) is 0 Å². The molecule has 0 aliphatic heterocycles. The lowest BCUT2D eigenvalue weighted by atomic mass is 9.99. The minimum Gasteiger partial charge on any atom is -0.492 e. The minimum atomic E-state index is -4.45. The van der Waals surface area contributed by atoms with Gasteiger partial charge in [0.1, 0.15) is 6.29 Å². The third-order valence-electron chi connectivity index (χ3n) is 3.22. The van der Waals surface area contributed by atoms with Crippen LogP contribution in [0, 0.1) is 0 Å². The first-order valence-electron chi connectivity index (χ1n) is 6.88. The Bertz CT molecular complexity index is 709. The van der Waals surface area contributed by atoms with Gasteiger partial charge < -0.3 is 9.47 Å². The second-order valence-electron chi connectivity index (χ2n) is 4.73. The number of benzene rings is 2. The van der Waals surface area contributed by atoms with Crippen LogP contribution in [0.4, 0.5) is 13.2 Å². The second kappa shape index (κ2) is 6.73. The zero-order chi connectivity index (χ0) is 17.0. The molecule has 23 heavy (non-hydrogen) atoms. The van der Waals surface area contributed by atoms with Crippen molar-refractivity contribution in [2.24, 2.45) is 0 Å². The molecule has 0 fully saturated rings. The van der Waals surface area contributed by atoms with Gasteiger partial charge in [0.2, 0.25) is 0 Å². The highest BCUT2D eigenvalue weighted by molar-refractivity contribution is 5.84. The lowest BCUT2D eigenvalue weighted by molar-refractivity contribution is -0.137. The molecule has 0 N–H and O–H groups in total. The first-order chi connectivity index (χ1) is 10.9. The summed E-state index contributed by atoms with van der Waals surface area (Å²) in [6.07, 6.45) is -3.84. The van der Waals surface area contributed by atoms with Crippen LogP contribution in [0.3, 0.4) is 0 Å². The summed E-state index contributed by atoms with van der Waals surface area (Å²) in [4.78, 5) is 11.1. The summed E-state index contributed by atoms with van der Waals surface area (Å²) in [5, 5.41) is 0. The van der Waals surface area contributed by atoms with Gasteiger partial charge in [-0.05, 0) is 36.8 Å². The molecule has 0 saturated carbocycles. The smallest absolute Gasteiger partial charge is 0.416 e. The van der Waals surface area contributed by atoms with E-state index in [0.29, 0.717) is 35.3 Å². The second-order valence-corrected chi connectivity index (χ2v) is 4.73. The first kappa shape index (κ1) is 16.9. The SMILES string of the molecule is CCOc1cc(C=O)cc(-c2cccc(C(F)(F)F)c2)c1OC. The highest BCUT2D eigenvalue weighted by atomic mass is 19.4. The number of carbonyl (C=O) groups is 1. The van der Waals surface area contributed by atoms with E-state index in [0.717, 1.165) is 12.1 Å². The molecule has 0 amide bonds. The molecular formula is C17H15F3O3. The van der Waals surface area contributed by atoms with Crippen molar-refractivity contribution in [1.82, 2.24) is 0 Å². The predicted molar refractivity (Wildman–Crippen MR) is 80.0 cm³/mol. The lowest BCUT2D eigenvalue weighted by Crippen LogP contribution is -2.05. The van der Waals surface area contributed by atoms with Gasteiger partial charge in [-0.2, -0.15) is 13.2 Å². The van der Waals surface area contributed by atoms with Crippen molar-refractivity contribution in [3.8, 4) is 22.6 Å². The molecule has 6 heteroatoms.